The van der Waals surface area contributed by atoms with Crippen LogP contribution in [0.25, 0.3) is 0 Å². The van der Waals surface area contributed by atoms with Crippen LogP contribution in [0.2, 0.25) is 0 Å². The van der Waals surface area contributed by atoms with Crippen molar-refractivity contribution in [3.63, 3.8) is 0 Å². The maximum Gasteiger partial charge on any atom is 0.411 e. The molecule has 1 rings (SSSR count). The molecule has 0 aliphatic carbocycles. The summed E-state index contributed by atoms with van der Waals surface area (Å²) in [7, 11) is 0. The summed E-state index contributed by atoms with van der Waals surface area (Å²) in [5.41, 5.74) is 5.54. The van der Waals surface area contributed by atoms with Gasteiger partial charge in [-0.15, -0.1) is 0 Å². The van der Waals surface area contributed by atoms with Crippen LogP contribution in [0.1, 0.15) is 5.69 Å². The lowest BCUT2D eigenvalue weighted by Gasteiger charge is -2.01. The van der Waals surface area contributed by atoms with Gasteiger partial charge in [0.05, 0.1) is 5.69 Å². The van der Waals surface area contributed by atoms with E-state index in [0.717, 1.165) is 10.2 Å². The Morgan fingerprint density at radius 2 is 2.33 bits per heavy atom. The van der Waals surface area contributed by atoms with Gasteiger partial charge in [0.25, 0.3) is 0 Å². The second-order valence-corrected chi connectivity index (χ2v) is 2.99. The first-order valence-corrected chi connectivity index (χ1v) is 3.99. The highest BCUT2D eigenvalue weighted by atomic mass is 79.9. The number of nitrogens with two attached hydrogens (primary N) is 1. The van der Waals surface area contributed by atoms with E-state index in [9.17, 15) is 4.79 Å². The number of aryl methyl sites for hydroxylation is 1. The molecular weight excluding hydrogens is 224 g/mol. The van der Waals surface area contributed by atoms with Crippen LogP contribution in [-0.2, 0) is 0 Å². The molecule has 0 saturated carbocycles. The summed E-state index contributed by atoms with van der Waals surface area (Å²) in [4.78, 5) is 14.3. The van der Waals surface area contributed by atoms with E-state index >= 15 is 0 Å². The third kappa shape index (κ3) is 2.20. The van der Waals surface area contributed by atoms with E-state index in [4.69, 9.17) is 5.73 Å². The van der Waals surface area contributed by atoms with Crippen molar-refractivity contribution < 1.29 is 9.53 Å². The highest BCUT2D eigenvalue weighted by molar-refractivity contribution is 9.10. The highest BCUT2D eigenvalue weighted by Gasteiger charge is 2.01. The average molecular weight is 231 g/mol. The van der Waals surface area contributed by atoms with Crippen molar-refractivity contribution in [3.05, 3.63) is 22.3 Å². The van der Waals surface area contributed by atoms with Crippen molar-refractivity contribution in [3.8, 4) is 5.88 Å². The maximum absolute atomic E-state index is 10.3. The molecule has 1 aromatic heterocycles. The Kier molecular flexibility index (Phi) is 2.65. The first-order chi connectivity index (χ1) is 5.59. The largest absolute Gasteiger partial charge is 0.411 e. The number of primary amides is 1. The number of amides is 1. The molecule has 1 heterocycles. The van der Waals surface area contributed by atoms with Gasteiger partial charge in [0.2, 0.25) is 5.88 Å². The van der Waals surface area contributed by atoms with Gasteiger partial charge in [0.15, 0.2) is 0 Å². The van der Waals surface area contributed by atoms with Crippen LogP contribution in [0.5, 0.6) is 5.88 Å². The molecule has 0 aliphatic rings. The zero-order valence-corrected chi connectivity index (χ0v) is 7.96. The monoisotopic (exact) mass is 230 g/mol. The van der Waals surface area contributed by atoms with Gasteiger partial charge in [-0.3, -0.25) is 0 Å². The van der Waals surface area contributed by atoms with Crippen LogP contribution in [0.4, 0.5) is 4.79 Å². The van der Waals surface area contributed by atoms with Crippen molar-refractivity contribution >= 4 is 22.0 Å². The smallest absolute Gasteiger partial charge is 0.391 e. The van der Waals surface area contributed by atoms with Gasteiger partial charge in [-0.05, 0) is 28.9 Å². The molecule has 4 nitrogen and oxygen atoms in total. The molecule has 0 unspecified atom stereocenters. The molecule has 64 valence electrons. The van der Waals surface area contributed by atoms with Crippen LogP contribution in [0.3, 0.4) is 0 Å². The fourth-order valence-corrected chi connectivity index (χ4v) is 0.902. The van der Waals surface area contributed by atoms with Crippen molar-refractivity contribution in [2.45, 2.75) is 6.92 Å². The molecule has 0 atom stereocenters. The third-order valence-corrected chi connectivity index (χ3v) is 2.04. The Morgan fingerprint density at radius 3 is 2.83 bits per heavy atom. The average Bonchev–Trinajstić information content (AvgIpc) is 1.96. The SMILES string of the molecule is Cc1nc(OC(N)=O)ccc1Br. The van der Waals surface area contributed by atoms with Crippen molar-refractivity contribution in [1.29, 1.82) is 0 Å². The summed E-state index contributed by atoms with van der Waals surface area (Å²) in [6.07, 6.45) is -0.857. The maximum atomic E-state index is 10.3. The van der Waals surface area contributed by atoms with E-state index in [1.54, 1.807) is 19.1 Å². The number of carbonyl (C=O) groups is 1. The first-order valence-electron chi connectivity index (χ1n) is 3.20. The Balaban J connectivity index is 2.89. The summed E-state index contributed by atoms with van der Waals surface area (Å²) in [6.45, 7) is 1.79. The molecule has 5 heteroatoms. The molecule has 1 amide bonds. The molecular formula is C7H7BrN2O2. The summed E-state index contributed by atoms with van der Waals surface area (Å²) in [5.74, 6) is 0.211. The number of pyridine rings is 1. The normalized spacial score (nSPS) is 9.50. The van der Waals surface area contributed by atoms with Gasteiger partial charge in [-0.1, -0.05) is 0 Å². The molecule has 0 radical (unpaired) electrons. The molecule has 1 aromatic rings. The van der Waals surface area contributed by atoms with Crippen LogP contribution < -0.4 is 10.5 Å². The predicted octanol–water partition coefficient (Wildman–Crippen LogP) is 1.61. The number of hydrogen-bond acceptors (Lipinski definition) is 3. The van der Waals surface area contributed by atoms with Crippen LogP contribution >= 0.6 is 15.9 Å². The Morgan fingerprint density at radius 1 is 1.67 bits per heavy atom. The van der Waals surface area contributed by atoms with Crippen molar-refractivity contribution in [2.75, 3.05) is 0 Å². The lowest BCUT2D eigenvalue weighted by atomic mass is 10.4. The van der Waals surface area contributed by atoms with Gasteiger partial charge in [0, 0.05) is 10.5 Å². The zero-order chi connectivity index (χ0) is 9.14. The first kappa shape index (κ1) is 8.99. The summed E-state index contributed by atoms with van der Waals surface area (Å²) in [6, 6.07) is 3.29. The number of nitrogens with zero attached hydrogens (tertiary/aromatic N) is 1. The van der Waals surface area contributed by atoms with Gasteiger partial charge < -0.3 is 10.5 Å². The van der Waals surface area contributed by atoms with Crippen LogP contribution in [0.15, 0.2) is 16.6 Å². The summed E-state index contributed by atoms with van der Waals surface area (Å²) in [5, 5.41) is 0. The number of rotatable bonds is 1. The van der Waals surface area contributed by atoms with Gasteiger partial charge in [-0.25, -0.2) is 9.78 Å². The molecule has 2 N–H and O–H groups in total. The number of carbonyl (C=O) groups excluding carboxylic acids is 1. The standard InChI is InChI=1S/C7H7BrN2O2/c1-4-5(8)2-3-6(10-4)12-7(9)11/h2-3H,1H3,(H2,9,11). The molecule has 0 saturated heterocycles. The second-order valence-electron chi connectivity index (χ2n) is 2.14. The molecule has 12 heavy (non-hydrogen) atoms. The summed E-state index contributed by atoms with van der Waals surface area (Å²) >= 11 is 3.26. The van der Waals surface area contributed by atoms with Crippen molar-refractivity contribution in [2.24, 2.45) is 5.73 Å². The number of ether oxygens (including phenoxy) is 1. The molecule has 0 bridgehead atoms. The van der Waals surface area contributed by atoms with E-state index in [-0.39, 0.29) is 5.88 Å². The predicted molar refractivity (Wildman–Crippen MR) is 46.9 cm³/mol. The van der Waals surface area contributed by atoms with Crippen LogP contribution in [-0.4, -0.2) is 11.1 Å². The molecule has 0 aromatic carbocycles. The minimum atomic E-state index is -0.857. The van der Waals surface area contributed by atoms with Crippen LogP contribution in [0, 0.1) is 6.92 Å². The molecule has 0 spiro atoms. The molecule has 0 fully saturated rings. The van der Waals surface area contributed by atoms with E-state index in [1.165, 1.54) is 0 Å². The van der Waals surface area contributed by atoms with Gasteiger partial charge >= 0.3 is 6.09 Å². The fraction of sp³-hybridized carbons (Fsp3) is 0.143. The Hall–Kier alpha value is -1.10. The lowest BCUT2D eigenvalue weighted by Crippen LogP contribution is -2.17. The number of aromatic nitrogens is 1. The van der Waals surface area contributed by atoms with E-state index < -0.39 is 6.09 Å². The van der Waals surface area contributed by atoms with Crippen molar-refractivity contribution in [1.82, 2.24) is 4.98 Å². The second kappa shape index (κ2) is 3.53. The van der Waals surface area contributed by atoms with Gasteiger partial charge in [0.1, 0.15) is 0 Å². The topological polar surface area (TPSA) is 65.2 Å². The zero-order valence-electron chi connectivity index (χ0n) is 6.37. The minimum absolute atomic E-state index is 0.211. The van der Waals surface area contributed by atoms with Gasteiger partial charge in [-0.2, -0.15) is 0 Å². The third-order valence-electron chi connectivity index (χ3n) is 1.20. The van der Waals surface area contributed by atoms with E-state index in [0.29, 0.717) is 0 Å². The Bertz CT molecular complexity index is 314. The molecule has 0 aliphatic heterocycles. The quantitative estimate of drug-likeness (QED) is 0.798. The minimum Gasteiger partial charge on any atom is -0.391 e. The van der Waals surface area contributed by atoms with E-state index in [2.05, 4.69) is 25.7 Å². The fourth-order valence-electron chi connectivity index (χ4n) is 0.681. The lowest BCUT2D eigenvalue weighted by molar-refractivity contribution is 0.209. The van der Waals surface area contributed by atoms with E-state index in [1.807, 2.05) is 0 Å². The summed E-state index contributed by atoms with van der Waals surface area (Å²) < 4.78 is 5.42. The Labute approximate surface area is 77.9 Å². The highest BCUT2D eigenvalue weighted by Crippen LogP contribution is 2.17. The number of hydrogen-bond donors (Lipinski definition) is 1. The number of halogens is 1.